The molecule has 0 radical (unpaired) electrons. The van der Waals surface area contributed by atoms with E-state index in [1.54, 1.807) is 0 Å². The summed E-state index contributed by atoms with van der Waals surface area (Å²) in [5.74, 6) is 3.42. The molecular weight excluding hydrogens is 250 g/mol. The van der Waals surface area contributed by atoms with E-state index in [1.807, 2.05) is 0 Å². The van der Waals surface area contributed by atoms with E-state index < -0.39 is 0 Å². The molecule has 116 valence electrons. The molecule has 0 saturated heterocycles. The van der Waals surface area contributed by atoms with Crippen LogP contribution < -0.4 is 5.32 Å². The number of hydrogen-bond donors (Lipinski definition) is 2. The molecule has 0 amide bonds. The lowest BCUT2D eigenvalue weighted by Crippen LogP contribution is -2.59. The summed E-state index contributed by atoms with van der Waals surface area (Å²) in [5.41, 5.74) is 0.355. The summed E-state index contributed by atoms with van der Waals surface area (Å²) in [5, 5.41) is 13.8. The van der Waals surface area contributed by atoms with Gasteiger partial charge in [-0.3, -0.25) is 0 Å². The predicted octanol–water partition coefficient (Wildman–Crippen LogP) is 2.58. The van der Waals surface area contributed by atoms with Gasteiger partial charge >= 0.3 is 0 Å². The highest BCUT2D eigenvalue weighted by molar-refractivity contribution is 5.06. The van der Waals surface area contributed by atoms with Crippen LogP contribution in [-0.2, 0) is 4.74 Å². The molecule has 0 aromatic rings. The Bertz CT molecular complexity index is 294. The van der Waals surface area contributed by atoms with Gasteiger partial charge in [0.25, 0.3) is 0 Å². The summed E-state index contributed by atoms with van der Waals surface area (Å²) in [6.07, 6.45) is 8.10. The zero-order valence-electron chi connectivity index (χ0n) is 13.1. The largest absolute Gasteiger partial charge is 0.389 e. The van der Waals surface area contributed by atoms with Crippen LogP contribution in [0.2, 0.25) is 0 Å². The number of ether oxygens (including phenoxy) is 1. The minimum Gasteiger partial charge on any atom is -0.389 e. The van der Waals surface area contributed by atoms with E-state index in [0.717, 1.165) is 24.4 Å². The van der Waals surface area contributed by atoms with Crippen LogP contribution in [0.5, 0.6) is 0 Å². The standard InChI is InChI=1S/C17H31NO2/c1-12(2)10-20-11-16(19)9-18-17-6-13-3-14(7-17)5-15(4-13)8-17/h12-16,18-19H,3-11H2,1-2H3. The highest BCUT2D eigenvalue weighted by atomic mass is 16.5. The molecule has 0 aromatic heterocycles. The fourth-order valence-corrected chi connectivity index (χ4v) is 5.16. The van der Waals surface area contributed by atoms with Crippen molar-refractivity contribution in [2.24, 2.45) is 23.7 Å². The van der Waals surface area contributed by atoms with E-state index in [0.29, 0.717) is 24.6 Å². The Morgan fingerprint density at radius 2 is 1.60 bits per heavy atom. The monoisotopic (exact) mass is 281 g/mol. The van der Waals surface area contributed by atoms with E-state index in [-0.39, 0.29) is 6.10 Å². The highest BCUT2D eigenvalue weighted by Gasteiger charge is 2.50. The van der Waals surface area contributed by atoms with Gasteiger partial charge in [-0.25, -0.2) is 0 Å². The molecule has 4 saturated carbocycles. The molecule has 0 aromatic carbocycles. The number of hydrogen-bond acceptors (Lipinski definition) is 3. The van der Waals surface area contributed by atoms with Crippen LogP contribution in [0.15, 0.2) is 0 Å². The summed E-state index contributed by atoms with van der Waals surface area (Å²) in [4.78, 5) is 0. The number of rotatable bonds is 7. The van der Waals surface area contributed by atoms with Crippen LogP contribution in [0.25, 0.3) is 0 Å². The van der Waals surface area contributed by atoms with Crippen LogP contribution in [-0.4, -0.2) is 36.5 Å². The number of aliphatic hydroxyl groups excluding tert-OH is 1. The van der Waals surface area contributed by atoms with E-state index in [2.05, 4.69) is 19.2 Å². The molecule has 1 atom stereocenters. The highest BCUT2D eigenvalue weighted by Crippen LogP contribution is 2.55. The molecule has 1 unspecified atom stereocenters. The third kappa shape index (κ3) is 3.37. The van der Waals surface area contributed by atoms with Gasteiger partial charge in [-0.15, -0.1) is 0 Å². The second kappa shape index (κ2) is 5.94. The van der Waals surface area contributed by atoms with E-state index in [4.69, 9.17) is 4.74 Å². The van der Waals surface area contributed by atoms with Crippen LogP contribution in [0, 0.1) is 23.7 Å². The summed E-state index contributed by atoms with van der Waals surface area (Å²) < 4.78 is 5.54. The Kier molecular flexibility index (Phi) is 4.40. The van der Waals surface area contributed by atoms with Gasteiger partial charge in [0.15, 0.2) is 0 Å². The molecule has 0 aliphatic heterocycles. The first-order valence-corrected chi connectivity index (χ1v) is 8.55. The van der Waals surface area contributed by atoms with Crippen LogP contribution in [0.1, 0.15) is 52.4 Å². The van der Waals surface area contributed by atoms with Gasteiger partial charge < -0.3 is 15.2 Å². The maximum absolute atomic E-state index is 10.1. The van der Waals surface area contributed by atoms with Crippen LogP contribution in [0.3, 0.4) is 0 Å². The molecule has 4 rings (SSSR count). The lowest BCUT2D eigenvalue weighted by molar-refractivity contribution is -0.0319. The third-order valence-electron chi connectivity index (χ3n) is 5.51. The Hall–Kier alpha value is -0.120. The van der Waals surface area contributed by atoms with Crippen LogP contribution in [0.4, 0.5) is 0 Å². The van der Waals surface area contributed by atoms with Gasteiger partial charge in [-0.05, 0) is 62.2 Å². The van der Waals surface area contributed by atoms with Crippen molar-refractivity contribution in [1.29, 1.82) is 0 Å². The normalized spacial score (nSPS) is 40.5. The summed E-state index contributed by atoms with van der Waals surface area (Å²) in [6.45, 7) is 6.19. The quantitative estimate of drug-likeness (QED) is 0.753. The van der Waals surface area contributed by atoms with Crippen molar-refractivity contribution in [3.63, 3.8) is 0 Å². The fraction of sp³-hybridized carbons (Fsp3) is 1.00. The first kappa shape index (κ1) is 14.8. The minimum absolute atomic E-state index is 0.355. The molecule has 3 nitrogen and oxygen atoms in total. The van der Waals surface area contributed by atoms with Crippen molar-refractivity contribution in [3.05, 3.63) is 0 Å². The average molecular weight is 281 g/mol. The van der Waals surface area contributed by atoms with Crippen molar-refractivity contribution < 1.29 is 9.84 Å². The second-order valence-corrected chi connectivity index (χ2v) is 8.16. The smallest absolute Gasteiger partial charge is 0.0897 e. The molecule has 3 heteroatoms. The zero-order chi connectivity index (χ0) is 14.2. The lowest BCUT2D eigenvalue weighted by Gasteiger charge is -2.57. The average Bonchev–Trinajstić information content (AvgIpc) is 2.34. The van der Waals surface area contributed by atoms with Gasteiger partial charge in [0.1, 0.15) is 0 Å². The molecule has 4 aliphatic carbocycles. The molecule has 2 N–H and O–H groups in total. The van der Waals surface area contributed by atoms with Gasteiger partial charge in [0.2, 0.25) is 0 Å². The summed E-state index contributed by atoms with van der Waals surface area (Å²) >= 11 is 0. The Labute approximate surface area is 123 Å². The zero-order valence-corrected chi connectivity index (χ0v) is 13.1. The van der Waals surface area contributed by atoms with Crippen molar-refractivity contribution in [1.82, 2.24) is 5.32 Å². The first-order valence-electron chi connectivity index (χ1n) is 8.55. The summed E-state index contributed by atoms with van der Waals surface area (Å²) in [6, 6.07) is 0. The Balaban J connectivity index is 1.44. The molecule has 0 heterocycles. The van der Waals surface area contributed by atoms with Crippen molar-refractivity contribution in [2.75, 3.05) is 19.8 Å². The molecular formula is C17H31NO2. The first-order chi connectivity index (χ1) is 9.55. The third-order valence-corrected chi connectivity index (χ3v) is 5.51. The summed E-state index contributed by atoms with van der Waals surface area (Å²) in [7, 11) is 0. The molecule has 4 bridgehead atoms. The van der Waals surface area contributed by atoms with Gasteiger partial charge in [0.05, 0.1) is 12.7 Å². The number of nitrogens with one attached hydrogen (secondary N) is 1. The van der Waals surface area contributed by atoms with Crippen molar-refractivity contribution in [3.8, 4) is 0 Å². The van der Waals surface area contributed by atoms with Crippen LogP contribution >= 0.6 is 0 Å². The Morgan fingerprint density at radius 3 is 2.10 bits per heavy atom. The molecule has 20 heavy (non-hydrogen) atoms. The van der Waals surface area contributed by atoms with E-state index >= 15 is 0 Å². The Morgan fingerprint density at radius 1 is 1.05 bits per heavy atom. The topological polar surface area (TPSA) is 41.5 Å². The van der Waals surface area contributed by atoms with Gasteiger partial charge in [-0.1, -0.05) is 13.8 Å². The molecule has 4 fully saturated rings. The maximum atomic E-state index is 10.1. The molecule has 4 aliphatic rings. The minimum atomic E-state index is -0.359. The van der Waals surface area contributed by atoms with Gasteiger partial charge in [0, 0.05) is 18.7 Å². The van der Waals surface area contributed by atoms with Crippen molar-refractivity contribution in [2.45, 2.75) is 64.0 Å². The van der Waals surface area contributed by atoms with Crippen molar-refractivity contribution >= 4 is 0 Å². The van der Waals surface area contributed by atoms with E-state index in [9.17, 15) is 5.11 Å². The number of aliphatic hydroxyl groups is 1. The predicted molar refractivity (Wildman–Crippen MR) is 80.6 cm³/mol. The molecule has 0 spiro atoms. The fourth-order valence-electron chi connectivity index (χ4n) is 5.16. The SMILES string of the molecule is CC(C)COCC(O)CNC12CC3CC(CC(C3)C1)C2. The van der Waals surface area contributed by atoms with Gasteiger partial charge in [-0.2, -0.15) is 0 Å². The lowest BCUT2D eigenvalue weighted by atomic mass is 9.53. The second-order valence-electron chi connectivity index (χ2n) is 8.16. The van der Waals surface area contributed by atoms with E-state index in [1.165, 1.54) is 38.5 Å². The maximum Gasteiger partial charge on any atom is 0.0897 e. The number of β-amino-alcohol motifs (C(OH)–C–C–N with tert-alkyl or cyclic N) is 1.